The number of rotatable bonds is 4. The first-order chi connectivity index (χ1) is 13.9. The quantitative estimate of drug-likeness (QED) is 0.664. The second-order valence-corrected chi connectivity index (χ2v) is 6.50. The van der Waals surface area contributed by atoms with E-state index in [4.69, 9.17) is 10.5 Å². The molecule has 2 aromatic carbocycles. The zero-order chi connectivity index (χ0) is 21.1. The number of aromatic nitrogens is 1. The third-order valence-corrected chi connectivity index (χ3v) is 4.80. The summed E-state index contributed by atoms with van der Waals surface area (Å²) < 4.78 is 6.23. The van der Waals surface area contributed by atoms with E-state index in [0.29, 0.717) is 16.9 Å². The van der Waals surface area contributed by atoms with Crippen molar-refractivity contribution in [2.45, 2.75) is 13.8 Å². The van der Waals surface area contributed by atoms with Crippen LogP contribution in [0.4, 0.5) is 11.4 Å². The Labute approximate surface area is 168 Å². The van der Waals surface area contributed by atoms with Crippen molar-refractivity contribution < 1.29 is 14.3 Å². The van der Waals surface area contributed by atoms with Crippen LogP contribution in [-0.2, 0) is 4.74 Å². The van der Waals surface area contributed by atoms with E-state index in [1.807, 2.05) is 38.1 Å². The molecular weight excluding hydrogens is 368 g/mol. The molecule has 0 atom stereocenters. The molecule has 3 N–H and O–H groups in total. The summed E-state index contributed by atoms with van der Waals surface area (Å²) in [6.07, 6.45) is 1.42. The summed E-state index contributed by atoms with van der Waals surface area (Å²) in [6, 6.07) is 14.4. The number of ether oxygens (including phenoxy) is 1. The van der Waals surface area contributed by atoms with Crippen molar-refractivity contribution in [1.29, 1.82) is 5.26 Å². The predicted molar refractivity (Wildman–Crippen MR) is 110 cm³/mol. The van der Waals surface area contributed by atoms with E-state index in [1.165, 1.54) is 17.9 Å². The molecule has 0 saturated heterocycles. The maximum atomic E-state index is 13.0. The molecule has 1 heterocycles. The minimum Gasteiger partial charge on any atom is -0.464 e. The van der Waals surface area contributed by atoms with Crippen molar-refractivity contribution in [3.8, 4) is 11.8 Å². The van der Waals surface area contributed by atoms with E-state index in [-0.39, 0.29) is 22.9 Å². The van der Waals surface area contributed by atoms with Gasteiger partial charge in [0, 0.05) is 11.9 Å². The maximum absolute atomic E-state index is 13.0. The van der Waals surface area contributed by atoms with Crippen molar-refractivity contribution in [2.75, 3.05) is 18.2 Å². The monoisotopic (exact) mass is 388 g/mol. The number of nitrogens with zero attached hydrogens (tertiary/aromatic N) is 2. The highest BCUT2D eigenvalue weighted by atomic mass is 16.5. The van der Waals surface area contributed by atoms with Gasteiger partial charge in [-0.15, -0.1) is 0 Å². The van der Waals surface area contributed by atoms with Gasteiger partial charge in [0.2, 0.25) is 0 Å². The highest BCUT2D eigenvalue weighted by Crippen LogP contribution is 2.27. The van der Waals surface area contributed by atoms with E-state index >= 15 is 0 Å². The van der Waals surface area contributed by atoms with Crippen LogP contribution in [0.25, 0.3) is 5.69 Å². The summed E-state index contributed by atoms with van der Waals surface area (Å²) in [5.74, 6) is -1.05. The Morgan fingerprint density at radius 1 is 1.14 bits per heavy atom. The van der Waals surface area contributed by atoms with Gasteiger partial charge in [-0.2, -0.15) is 5.26 Å². The molecule has 0 bridgehead atoms. The lowest BCUT2D eigenvalue weighted by Crippen LogP contribution is -2.18. The number of nitriles is 1. The Kier molecular flexibility index (Phi) is 5.37. The average Bonchev–Trinajstić information content (AvgIpc) is 3.07. The summed E-state index contributed by atoms with van der Waals surface area (Å²) in [7, 11) is 1.23. The molecule has 1 aromatic heterocycles. The fraction of sp³-hybridized carbons (Fsp3) is 0.136. The predicted octanol–water partition coefficient (Wildman–Crippen LogP) is 3.59. The maximum Gasteiger partial charge on any atom is 0.357 e. The van der Waals surface area contributed by atoms with Crippen molar-refractivity contribution >= 4 is 23.3 Å². The molecule has 0 aliphatic carbocycles. The number of nitrogens with one attached hydrogen (secondary N) is 1. The number of carbonyl (C=O) groups excluding carboxylic acids is 2. The highest BCUT2D eigenvalue weighted by molar-refractivity contribution is 6.07. The van der Waals surface area contributed by atoms with Gasteiger partial charge >= 0.3 is 5.97 Å². The standard InChI is InChI=1S/C22H20N4O3/c1-13-7-6-9-17(14(13)2)25-21(27)16-8-4-5-10-18(16)26-12-15(11-23)19(24)20(26)22(28)29-3/h4-10,12H,24H2,1-3H3,(H,25,27). The third kappa shape index (κ3) is 3.56. The third-order valence-electron chi connectivity index (χ3n) is 4.80. The van der Waals surface area contributed by atoms with Crippen LogP contribution in [0.2, 0.25) is 0 Å². The minimum absolute atomic E-state index is 0.00367. The largest absolute Gasteiger partial charge is 0.464 e. The molecule has 0 aliphatic heterocycles. The second-order valence-electron chi connectivity index (χ2n) is 6.50. The zero-order valence-corrected chi connectivity index (χ0v) is 16.3. The first kappa shape index (κ1) is 19.7. The number of esters is 1. The summed E-state index contributed by atoms with van der Waals surface area (Å²) in [5, 5.41) is 12.2. The van der Waals surface area contributed by atoms with Crippen LogP contribution < -0.4 is 11.1 Å². The molecule has 146 valence electrons. The number of para-hydroxylation sites is 1. The van der Waals surface area contributed by atoms with Gasteiger partial charge in [0.25, 0.3) is 5.91 Å². The van der Waals surface area contributed by atoms with Crippen molar-refractivity contribution in [3.63, 3.8) is 0 Å². The van der Waals surface area contributed by atoms with Crippen LogP contribution in [0.15, 0.2) is 48.7 Å². The number of benzene rings is 2. The van der Waals surface area contributed by atoms with Gasteiger partial charge in [-0.3, -0.25) is 4.79 Å². The Morgan fingerprint density at radius 2 is 1.86 bits per heavy atom. The average molecular weight is 388 g/mol. The molecule has 3 aromatic rings. The number of methoxy groups -OCH3 is 1. The van der Waals surface area contributed by atoms with E-state index in [9.17, 15) is 14.9 Å². The number of hydrogen-bond donors (Lipinski definition) is 2. The van der Waals surface area contributed by atoms with Crippen LogP contribution in [-0.4, -0.2) is 23.6 Å². The topological polar surface area (TPSA) is 110 Å². The first-order valence-corrected chi connectivity index (χ1v) is 8.85. The highest BCUT2D eigenvalue weighted by Gasteiger charge is 2.24. The van der Waals surface area contributed by atoms with Gasteiger partial charge in [-0.25, -0.2) is 4.79 Å². The fourth-order valence-electron chi connectivity index (χ4n) is 3.06. The van der Waals surface area contributed by atoms with Crippen LogP contribution in [0.1, 0.15) is 37.5 Å². The Hall–Kier alpha value is -4.05. The zero-order valence-electron chi connectivity index (χ0n) is 16.3. The summed E-state index contributed by atoms with van der Waals surface area (Å²) >= 11 is 0. The Morgan fingerprint density at radius 3 is 2.55 bits per heavy atom. The van der Waals surface area contributed by atoms with Crippen LogP contribution >= 0.6 is 0 Å². The number of anilines is 2. The number of nitrogen functional groups attached to an aromatic ring is 1. The number of carbonyl (C=O) groups is 2. The molecule has 0 fully saturated rings. The molecule has 0 saturated carbocycles. The Balaban J connectivity index is 2.11. The smallest absolute Gasteiger partial charge is 0.357 e. The van der Waals surface area contributed by atoms with Crippen LogP contribution in [0, 0.1) is 25.2 Å². The SMILES string of the molecule is COC(=O)c1c(N)c(C#N)cn1-c1ccccc1C(=O)Nc1cccc(C)c1C. The lowest BCUT2D eigenvalue weighted by atomic mass is 10.1. The molecule has 0 radical (unpaired) electrons. The summed E-state index contributed by atoms with van der Waals surface area (Å²) in [5.41, 5.74) is 9.53. The van der Waals surface area contributed by atoms with Crippen molar-refractivity contribution in [2.24, 2.45) is 0 Å². The second kappa shape index (κ2) is 7.90. The fourth-order valence-corrected chi connectivity index (χ4v) is 3.06. The van der Waals surface area contributed by atoms with Gasteiger partial charge in [0.05, 0.1) is 29.6 Å². The lowest BCUT2D eigenvalue weighted by Gasteiger charge is -2.15. The molecular formula is C22H20N4O3. The van der Waals surface area contributed by atoms with Gasteiger partial charge in [0.1, 0.15) is 6.07 Å². The lowest BCUT2D eigenvalue weighted by molar-refractivity contribution is 0.0592. The number of nitrogens with two attached hydrogens (primary N) is 1. The number of aryl methyl sites for hydroxylation is 1. The molecule has 3 rings (SSSR count). The van der Waals surface area contributed by atoms with Crippen LogP contribution in [0.3, 0.4) is 0 Å². The molecule has 7 nitrogen and oxygen atoms in total. The van der Waals surface area contributed by atoms with E-state index < -0.39 is 5.97 Å². The van der Waals surface area contributed by atoms with Crippen molar-refractivity contribution in [3.05, 3.63) is 76.6 Å². The van der Waals surface area contributed by atoms with E-state index in [2.05, 4.69) is 5.32 Å². The normalized spacial score (nSPS) is 10.3. The number of hydrogen-bond acceptors (Lipinski definition) is 5. The van der Waals surface area contributed by atoms with Gasteiger partial charge < -0.3 is 20.4 Å². The molecule has 1 amide bonds. The molecule has 0 unspecified atom stereocenters. The molecule has 29 heavy (non-hydrogen) atoms. The van der Waals surface area contributed by atoms with Gasteiger partial charge in [-0.05, 0) is 43.2 Å². The summed E-state index contributed by atoms with van der Waals surface area (Å²) in [4.78, 5) is 25.3. The van der Waals surface area contributed by atoms with Crippen LogP contribution in [0.5, 0.6) is 0 Å². The summed E-state index contributed by atoms with van der Waals surface area (Å²) in [6.45, 7) is 3.89. The van der Waals surface area contributed by atoms with Gasteiger partial charge in [-0.1, -0.05) is 24.3 Å². The minimum atomic E-state index is -0.700. The molecule has 0 spiro atoms. The molecule has 0 aliphatic rings. The first-order valence-electron chi connectivity index (χ1n) is 8.85. The molecule has 7 heteroatoms. The number of amides is 1. The van der Waals surface area contributed by atoms with Crippen molar-refractivity contribution in [1.82, 2.24) is 4.57 Å². The Bertz CT molecular complexity index is 1160. The van der Waals surface area contributed by atoms with Gasteiger partial charge in [0.15, 0.2) is 5.69 Å². The van der Waals surface area contributed by atoms with E-state index in [1.54, 1.807) is 24.3 Å². The van der Waals surface area contributed by atoms with E-state index in [0.717, 1.165) is 11.1 Å².